The van der Waals surface area contributed by atoms with Crippen molar-refractivity contribution in [1.82, 2.24) is 0 Å². The van der Waals surface area contributed by atoms with Crippen LogP contribution in [0.2, 0.25) is 0 Å². The average molecular weight is 284 g/mol. The molecule has 0 heterocycles. The zero-order valence-corrected chi connectivity index (χ0v) is 12.2. The van der Waals surface area contributed by atoms with Gasteiger partial charge in [0.1, 0.15) is 0 Å². The fourth-order valence-corrected chi connectivity index (χ4v) is 1.85. The third-order valence-electron chi connectivity index (χ3n) is 0.172. The molecule has 0 aromatic carbocycles. The molecule has 0 aromatic heterocycles. The first kappa shape index (κ1) is 19.1. The molecule has 0 bridgehead atoms. The quantitative estimate of drug-likeness (QED) is 0.489. The van der Waals surface area contributed by atoms with Crippen LogP contribution < -0.4 is 29.6 Å². The Morgan fingerprint density at radius 2 is 1.18 bits per heavy atom. The van der Waals surface area contributed by atoms with Gasteiger partial charge in [-0.2, -0.15) is 0 Å². The van der Waals surface area contributed by atoms with Crippen molar-refractivity contribution >= 4 is 37.7 Å². The maximum atomic E-state index is 9.53. The summed E-state index contributed by atoms with van der Waals surface area (Å²) < 4.78 is 56.3. The van der Waals surface area contributed by atoms with Gasteiger partial charge < -0.3 is 4.28 Å². The van der Waals surface area contributed by atoms with E-state index in [1.165, 1.54) is 0 Å². The van der Waals surface area contributed by atoms with Crippen LogP contribution in [-0.2, 0) is 45.3 Å². The van der Waals surface area contributed by atoms with E-state index in [9.17, 15) is 15.2 Å². The summed E-state index contributed by atoms with van der Waals surface area (Å²) in [6, 6.07) is 0. The van der Waals surface area contributed by atoms with Gasteiger partial charge in [0.25, 0.3) is 0 Å². The summed E-state index contributed by atoms with van der Waals surface area (Å²) in [5.74, 6) is 0. The van der Waals surface area contributed by atoms with Crippen LogP contribution in [0.15, 0.2) is 0 Å². The van der Waals surface area contributed by atoms with Crippen molar-refractivity contribution < 1.29 is 87.4 Å². The minimum absolute atomic E-state index is 0. The Balaban J connectivity index is -0.0000000320. The third-order valence-corrected chi connectivity index (χ3v) is 2.92. The molecular weight excluding hydrogens is 279 g/mol. The normalized spacial score (nSPS) is 11.1. The van der Waals surface area contributed by atoms with Crippen LogP contribution >= 0.6 is 0 Å². The van der Waals surface area contributed by atoms with Crippen molar-refractivity contribution in [2.24, 2.45) is 0 Å². The molecule has 0 fully saturated rings. The van der Waals surface area contributed by atoms with E-state index in [1.807, 2.05) is 0 Å². The van der Waals surface area contributed by atoms with Gasteiger partial charge in [-0.3, -0.25) is 0 Å². The molecule has 7 nitrogen and oxygen atoms in total. The van der Waals surface area contributed by atoms with Crippen LogP contribution in [0.1, 0.15) is 4.28 Å². The molecule has 0 aliphatic heterocycles. The van der Waals surface area contributed by atoms with Crippen LogP contribution in [0.3, 0.4) is 0 Å². The van der Waals surface area contributed by atoms with E-state index in [0.29, 0.717) is 0 Å². The Kier molecular flexibility index (Phi) is 11.8. The molecule has 62 valence electrons. The van der Waals surface area contributed by atoms with Crippen molar-refractivity contribution in [2.45, 2.75) is 0 Å². The predicted octanol–water partition coefficient (Wildman–Crippen LogP) is -4.70. The topological polar surface area (TPSA) is 118 Å². The van der Waals surface area contributed by atoms with Gasteiger partial charge in [-0.25, -0.2) is 0 Å². The third kappa shape index (κ3) is 19.0. The van der Waals surface area contributed by atoms with Gasteiger partial charge in [0, 0.05) is 0 Å². The molecule has 0 radical (unpaired) electrons. The van der Waals surface area contributed by atoms with Crippen molar-refractivity contribution in [3.63, 3.8) is 0 Å². The van der Waals surface area contributed by atoms with Crippen LogP contribution in [0, 0.1) is 0 Å². The first-order valence-electron chi connectivity index (χ1n) is 1.37. The van der Waals surface area contributed by atoms with Gasteiger partial charge in [0.2, 0.25) is 0 Å². The Bertz CT molecular complexity index is 252. The Morgan fingerprint density at radius 1 is 1.00 bits per heavy atom. The SMILES string of the molecule is [Ca+2].[H-].[H-].[H-].[Na+].[O]=[Cr](=[O])([OH])[O][Cr](=[O])(=[O])[OH]. The van der Waals surface area contributed by atoms with Gasteiger partial charge in [-0.05, 0) is 0 Å². The van der Waals surface area contributed by atoms with E-state index in [1.54, 1.807) is 0 Å². The molecule has 11 heteroatoms. The molecule has 11 heavy (non-hydrogen) atoms. The molecule has 0 atom stereocenters. The van der Waals surface area contributed by atoms with Crippen molar-refractivity contribution in [3.05, 3.63) is 0 Å². The van der Waals surface area contributed by atoms with E-state index in [-0.39, 0.29) is 71.6 Å². The van der Waals surface area contributed by atoms with Gasteiger partial charge >= 0.3 is 121 Å². The second kappa shape index (κ2) is 6.80. The van der Waals surface area contributed by atoms with Crippen molar-refractivity contribution in [3.8, 4) is 0 Å². The van der Waals surface area contributed by atoms with Crippen LogP contribution in [-0.4, -0.2) is 46.1 Å². The molecule has 0 aliphatic rings. The van der Waals surface area contributed by atoms with Gasteiger partial charge in [0.15, 0.2) is 0 Å². The van der Waals surface area contributed by atoms with Crippen molar-refractivity contribution in [1.29, 1.82) is 0 Å². The summed E-state index contributed by atoms with van der Waals surface area (Å²) in [5.41, 5.74) is 0. The average Bonchev–Trinajstić information content (AvgIpc) is 1.14. The monoisotopic (exact) mass is 284 g/mol. The van der Waals surface area contributed by atoms with E-state index in [2.05, 4.69) is 2.84 Å². The molecular formula is H5CaCr2NaO7. The van der Waals surface area contributed by atoms with Crippen LogP contribution in [0.5, 0.6) is 0 Å². The number of hydrogen-bond donors (Lipinski definition) is 2. The Labute approximate surface area is 123 Å². The predicted molar refractivity (Wildman–Crippen MR) is 17.4 cm³/mol. The van der Waals surface area contributed by atoms with Crippen LogP contribution in [0.25, 0.3) is 0 Å². The molecule has 0 saturated carbocycles. The summed E-state index contributed by atoms with van der Waals surface area (Å²) in [5, 5.41) is 0. The standard InChI is InChI=1S/Ca.2Cr.Na.2H2O.5O.3H/h;;;;2*1H2;;;;;;;;/q+2;3*+1;;;;;;;;3*-1/p-2. The van der Waals surface area contributed by atoms with E-state index < -0.39 is 27.2 Å². The van der Waals surface area contributed by atoms with E-state index in [0.717, 1.165) is 0 Å². The second-order valence-corrected chi connectivity index (χ2v) is 4.68. The summed E-state index contributed by atoms with van der Waals surface area (Å²) in [4.78, 5) is 0. The van der Waals surface area contributed by atoms with Crippen molar-refractivity contribution in [2.75, 3.05) is 0 Å². The molecule has 0 aliphatic carbocycles. The summed E-state index contributed by atoms with van der Waals surface area (Å²) in [6.07, 6.45) is 0. The van der Waals surface area contributed by atoms with Crippen LogP contribution in [0.4, 0.5) is 0 Å². The molecule has 0 aromatic rings. The molecule has 0 amide bonds. The second-order valence-electron chi connectivity index (χ2n) is 0.924. The fourth-order valence-electron chi connectivity index (χ4n) is 0.109. The summed E-state index contributed by atoms with van der Waals surface area (Å²) >= 11 is -11.5. The molecule has 0 spiro atoms. The fraction of sp³-hybridized carbons (Fsp3) is 0. The van der Waals surface area contributed by atoms with E-state index in [4.69, 9.17) is 8.32 Å². The number of rotatable bonds is 2. The van der Waals surface area contributed by atoms with Gasteiger partial charge in [-0.1, -0.05) is 0 Å². The number of hydrogen-bond acceptors (Lipinski definition) is 5. The first-order chi connectivity index (χ1) is 3.71. The Hall–Kier alpha value is 2.40. The minimum atomic E-state index is -5.76. The molecule has 0 saturated heterocycles. The van der Waals surface area contributed by atoms with Gasteiger partial charge in [-0.15, -0.1) is 0 Å². The van der Waals surface area contributed by atoms with Gasteiger partial charge in [0.05, 0.1) is 0 Å². The zero-order chi connectivity index (χ0) is 7.71. The molecule has 2 N–H and O–H groups in total. The molecule has 0 rings (SSSR count). The first-order valence-corrected chi connectivity index (χ1v) is 5.63. The zero-order valence-electron chi connectivity index (χ0n) is 8.46. The van der Waals surface area contributed by atoms with E-state index >= 15 is 0 Å². The maximum absolute atomic E-state index is 9.53. The summed E-state index contributed by atoms with van der Waals surface area (Å²) in [7, 11) is 0. The molecule has 0 unspecified atom stereocenters. The Morgan fingerprint density at radius 3 is 1.18 bits per heavy atom. The summed E-state index contributed by atoms with van der Waals surface area (Å²) in [6.45, 7) is 0.